The van der Waals surface area contributed by atoms with Gasteiger partial charge in [-0.1, -0.05) is 12.8 Å². The normalized spacial score (nSPS) is 32.6. The van der Waals surface area contributed by atoms with Gasteiger partial charge in [0.05, 0.1) is 6.07 Å². The monoisotopic (exact) mass is 275 g/mol. The van der Waals surface area contributed by atoms with Crippen LogP contribution < -0.4 is 0 Å². The number of carbonyl (C=O) groups excluding carboxylic acids is 1. The molecule has 3 aliphatic rings. The highest BCUT2D eigenvalue weighted by molar-refractivity contribution is 5.86. The summed E-state index contributed by atoms with van der Waals surface area (Å²) in [4.78, 5) is 17.4. The Balaban J connectivity index is 1.75. The van der Waals surface area contributed by atoms with Gasteiger partial charge < -0.3 is 4.90 Å². The van der Waals surface area contributed by atoms with Crippen LogP contribution in [0.4, 0.5) is 0 Å². The summed E-state index contributed by atoms with van der Waals surface area (Å²) in [7, 11) is 0. The first kappa shape index (κ1) is 13.9. The SMILES string of the molecule is CC(C)N1C2CCC1CN(C(=O)C1(C#N)CCCC1)C2. The van der Waals surface area contributed by atoms with Crippen molar-refractivity contribution in [3.05, 3.63) is 0 Å². The highest BCUT2D eigenvalue weighted by Gasteiger charge is 2.48. The van der Waals surface area contributed by atoms with E-state index >= 15 is 0 Å². The van der Waals surface area contributed by atoms with Crippen LogP contribution in [-0.2, 0) is 4.79 Å². The molecule has 110 valence electrons. The van der Waals surface area contributed by atoms with Gasteiger partial charge in [0.1, 0.15) is 5.41 Å². The molecule has 1 aliphatic carbocycles. The van der Waals surface area contributed by atoms with Crippen LogP contribution in [0.2, 0.25) is 0 Å². The van der Waals surface area contributed by atoms with Crippen molar-refractivity contribution >= 4 is 5.91 Å². The van der Waals surface area contributed by atoms with Crippen molar-refractivity contribution < 1.29 is 4.79 Å². The van der Waals surface area contributed by atoms with E-state index in [1.165, 1.54) is 12.8 Å². The molecule has 0 radical (unpaired) electrons. The largest absolute Gasteiger partial charge is 0.338 e. The molecule has 1 amide bonds. The highest BCUT2D eigenvalue weighted by Crippen LogP contribution is 2.41. The molecule has 3 rings (SSSR count). The standard InChI is InChI=1S/C16H25N3O/c1-12(2)19-13-5-6-14(19)10-18(9-13)15(20)16(11-17)7-3-4-8-16/h12-14H,3-10H2,1-2H3. The number of hydrogen-bond acceptors (Lipinski definition) is 3. The number of fused-ring (bicyclic) bond motifs is 2. The number of piperazine rings is 1. The van der Waals surface area contributed by atoms with Crippen LogP contribution in [0, 0.1) is 16.7 Å². The summed E-state index contributed by atoms with van der Waals surface area (Å²) in [6, 6.07) is 3.93. The van der Waals surface area contributed by atoms with E-state index in [1.807, 2.05) is 4.90 Å². The van der Waals surface area contributed by atoms with Crippen LogP contribution in [0.1, 0.15) is 52.4 Å². The molecule has 1 saturated carbocycles. The maximum absolute atomic E-state index is 12.8. The predicted molar refractivity (Wildman–Crippen MR) is 76.9 cm³/mol. The molecule has 0 aromatic rings. The molecule has 0 spiro atoms. The summed E-state index contributed by atoms with van der Waals surface area (Å²) < 4.78 is 0. The van der Waals surface area contributed by atoms with E-state index in [0.717, 1.165) is 38.8 Å². The fraction of sp³-hybridized carbons (Fsp3) is 0.875. The number of amides is 1. The second-order valence-corrected chi connectivity index (χ2v) is 7.04. The fourth-order valence-electron chi connectivity index (χ4n) is 4.60. The second-order valence-electron chi connectivity index (χ2n) is 7.04. The molecule has 4 nitrogen and oxygen atoms in total. The van der Waals surface area contributed by atoms with Gasteiger partial charge >= 0.3 is 0 Å². The third kappa shape index (κ3) is 2.03. The van der Waals surface area contributed by atoms with Gasteiger partial charge in [0.25, 0.3) is 0 Å². The Morgan fingerprint density at radius 2 is 1.75 bits per heavy atom. The Kier molecular flexibility index (Phi) is 3.50. The summed E-state index contributed by atoms with van der Waals surface area (Å²) in [6.45, 7) is 6.15. The number of nitriles is 1. The fourth-order valence-corrected chi connectivity index (χ4v) is 4.60. The molecule has 2 heterocycles. The minimum Gasteiger partial charge on any atom is -0.338 e. The first-order chi connectivity index (χ1) is 9.57. The zero-order valence-corrected chi connectivity index (χ0v) is 12.6. The van der Waals surface area contributed by atoms with Crippen LogP contribution in [0.5, 0.6) is 0 Å². The molecule has 20 heavy (non-hydrogen) atoms. The Morgan fingerprint density at radius 1 is 1.20 bits per heavy atom. The van der Waals surface area contributed by atoms with Gasteiger partial charge in [-0.25, -0.2) is 0 Å². The zero-order valence-electron chi connectivity index (χ0n) is 12.6. The van der Waals surface area contributed by atoms with Crippen LogP contribution in [0.25, 0.3) is 0 Å². The van der Waals surface area contributed by atoms with Crippen molar-refractivity contribution in [2.45, 2.75) is 70.5 Å². The molecule has 0 aromatic heterocycles. The summed E-state index contributed by atoms with van der Waals surface area (Å²) in [6.07, 6.45) is 5.98. The number of rotatable bonds is 2. The predicted octanol–water partition coefficient (Wildman–Crippen LogP) is 2.15. The van der Waals surface area contributed by atoms with E-state index in [9.17, 15) is 10.1 Å². The van der Waals surface area contributed by atoms with Gasteiger partial charge in [-0.15, -0.1) is 0 Å². The summed E-state index contributed by atoms with van der Waals surface area (Å²) >= 11 is 0. The van der Waals surface area contributed by atoms with Crippen LogP contribution in [0.15, 0.2) is 0 Å². The van der Waals surface area contributed by atoms with E-state index in [-0.39, 0.29) is 5.91 Å². The third-order valence-electron chi connectivity index (χ3n) is 5.50. The molecule has 0 N–H and O–H groups in total. The van der Waals surface area contributed by atoms with E-state index in [4.69, 9.17) is 0 Å². The highest BCUT2D eigenvalue weighted by atomic mass is 16.2. The lowest BCUT2D eigenvalue weighted by Gasteiger charge is -2.44. The molecule has 4 heteroatoms. The minimum atomic E-state index is -0.695. The van der Waals surface area contributed by atoms with Crippen molar-refractivity contribution in [2.24, 2.45) is 5.41 Å². The average molecular weight is 275 g/mol. The molecule has 2 atom stereocenters. The van der Waals surface area contributed by atoms with Gasteiger partial charge in [0, 0.05) is 31.2 Å². The zero-order chi connectivity index (χ0) is 14.3. The van der Waals surface area contributed by atoms with Crippen LogP contribution in [0.3, 0.4) is 0 Å². The van der Waals surface area contributed by atoms with E-state index in [2.05, 4.69) is 24.8 Å². The van der Waals surface area contributed by atoms with Gasteiger partial charge in [-0.05, 0) is 39.5 Å². The lowest BCUT2D eigenvalue weighted by molar-refractivity contribution is -0.142. The molecular weight excluding hydrogens is 250 g/mol. The van der Waals surface area contributed by atoms with Crippen molar-refractivity contribution in [3.8, 4) is 6.07 Å². The Bertz CT molecular complexity index is 419. The lowest BCUT2D eigenvalue weighted by Crippen LogP contribution is -2.59. The van der Waals surface area contributed by atoms with Gasteiger partial charge in [-0.3, -0.25) is 9.69 Å². The van der Waals surface area contributed by atoms with E-state index < -0.39 is 5.41 Å². The molecule has 0 aromatic carbocycles. The average Bonchev–Trinajstić information content (AvgIpc) is 3.02. The molecule has 2 unspecified atom stereocenters. The summed E-state index contributed by atoms with van der Waals surface area (Å²) in [5.41, 5.74) is -0.695. The number of nitrogens with zero attached hydrogens (tertiary/aromatic N) is 3. The molecular formula is C16H25N3O. The van der Waals surface area contributed by atoms with Gasteiger partial charge in [0.2, 0.25) is 5.91 Å². The lowest BCUT2D eigenvalue weighted by atomic mass is 9.86. The first-order valence-electron chi connectivity index (χ1n) is 8.05. The van der Waals surface area contributed by atoms with Crippen LogP contribution >= 0.6 is 0 Å². The third-order valence-corrected chi connectivity index (χ3v) is 5.50. The van der Waals surface area contributed by atoms with Gasteiger partial charge in [-0.2, -0.15) is 5.26 Å². The summed E-state index contributed by atoms with van der Waals surface area (Å²) in [5.74, 6) is 0.123. The Hall–Kier alpha value is -1.08. The number of likely N-dealkylation sites (tertiary alicyclic amines) is 1. The number of hydrogen-bond donors (Lipinski definition) is 0. The molecule has 3 fully saturated rings. The van der Waals surface area contributed by atoms with Gasteiger partial charge in [0.15, 0.2) is 0 Å². The Labute approximate surface area is 121 Å². The number of carbonyl (C=O) groups is 1. The van der Waals surface area contributed by atoms with Crippen molar-refractivity contribution in [1.82, 2.24) is 9.80 Å². The topological polar surface area (TPSA) is 47.3 Å². The smallest absolute Gasteiger partial charge is 0.243 e. The maximum Gasteiger partial charge on any atom is 0.243 e. The van der Waals surface area contributed by atoms with E-state index in [0.29, 0.717) is 18.1 Å². The van der Waals surface area contributed by atoms with Crippen LogP contribution in [-0.4, -0.2) is 46.9 Å². The molecule has 2 saturated heterocycles. The maximum atomic E-state index is 12.8. The molecule has 2 aliphatic heterocycles. The van der Waals surface area contributed by atoms with Crippen molar-refractivity contribution in [3.63, 3.8) is 0 Å². The molecule has 2 bridgehead atoms. The minimum absolute atomic E-state index is 0.123. The summed E-state index contributed by atoms with van der Waals surface area (Å²) in [5, 5.41) is 9.50. The Morgan fingerprint density at radius 3 is 2.20 bits per heavy atom. The quantitative estimate of drug-likeness (QED) is 0.776. The first-order valence-corrected chi connectivity index (χ1v) is 8.05. The van der Waals surface area contributed by atoms with E-state index in [1.54, 1.807) is 0 Å². The second kappa shape index (κ2) is 5.04. The van der Waals surface area contributed by atoms with Crippen molar-refractivity contribution in [1.29, 1.82) is 5.26 Å². The van der Waals surface area contributed by atoms with Crippen molar-refractivity contribution in [2.75, 3.05) is 13.1 Å².